The summed E-state index contributed by atoms with van der Waals surface area (Å²) in [5.41, 5.74) is -6.93. The predicted octanol–water partition coefficient (Wildman–Crippen LogP) is 2.15. The van der Waals surface area contributed by atoms with Crippen LogP contribution >= 0.6 is 0 Å². The number of ketones is 4. The Hall–Kier alpha value is -2.12. The fourth-order valence-corrected chi connectivity index (χ4v) is 16.3. The number of Topliss-reactive ketones (excluding diaryl/α,β-unsaturated/α-hetero) is 2. The van der Waals surface area contributed by atoms with Gasteiger partial charge in [-0.15, -0.1) is 0 Å². The number of hydrogen-bond donors (Lipinski definition) is 7. The number of hydrogen-bond acceptors (Lipinski definition) is 11. The number of aliphatic hydroxyl groups excluding tert-OH is 5. The Kier molecular flexibility index (Phi) is 8.52. The molecule has 0 aromatic carbocycles. The van der Waals surface area contributed by atoms with E-state index in [-0.39, 0.29) is 73.8 Å². The number of fused-ring (bicyclic) bond motifs is 10. The molecule has 0 heterocycles. The average Bonchev–Trinajstić information content (AvgIpc) is 3.57. The minimum Gasteiger partial charge on any atom is -0.396 e. The maximum absolute atomic E-state index is 14.1. The highest BCUT2D eigenvalue weighted by molar-refractivity contribution is 5.93. The van der Waals surface area contributed by atoms with Gasteiger partial charge in [-0.3, -0.25) is 19.2 Å². The van der Waals surface area contributed by atoms with Gasteiger partial charge < -0.3 is 35.7 Å². The van der Waals surface area contributed by atoms with Crippen molar-refractivity contribution in [3.63, 3.8) is 0 Å². The molecule has 11 nitrogen and oxygen atoms in total. The van der Waals surface area contributed by atoms with Crippen LogP contribution < -0.4 is 0 Å². The van der Waals surface area contributed by atoms with Crippen molar-refractivity contribution in [2.75, 3.05) is 19.8 Å². The summed E-state index contributed by atoms with van der Waals surface area (Å²) in [6, 6.07) is 0. The highest BCUT2D eigenvalue weighted by Crippen LogP contribution is 2.79. The Bertz CT molecular complexity index is 1700. The molecule has 0 saturated heterocycles. The second-order valence-corrected chi connectivity index (χ2v) is 19.3. The first-order valence-electron chi connectivity index (χ1n) is 20.1. The van der Waals surface area contributed by atoms with E-state index in [0.29, 0.717) is 44.9 Å². The van der Waals surface area contributed by atoms with Crippen LogP contribution in [-0.2, 0) is 19.2 Å². The van der Waals surface area contributed by atoms with Gasteiger partial charge in [0.25, 0.3) is 0 Å². The molecule has 7 N–H and O–H groups in total. The summed E-state index contributed by atoms with van der Waals surface area (Å²) in [7, 11) is 0. The normalized spacial score (nSPS) is 52.9. The van der Waals surface area contributed by atoms with Crippen molar-refractivity contribution in [1.29, 1.82) is 0 Å². The molecule has 8 rings (SSSR count). The summed E-state index contributed by atoms with van der Waals surface area (Å²) in [4.78, 5) is 53.7. The summed E-state index contributed by atoms with van der Waals surface area (Å²) in [6.45, 7) is 3.93. The van der Waals surface area contributed by atoms with E-state index >= 15 is 0 Å². The van der Waals surface area contributed by atoms with Crippen molar-refractivity contribution < 1.29 is 54.9 Å². The van der Waals surface area contributed by atoms with Gasteiger partial charge in [-0.1, -0.05) is 31.9 Å². The van der Waals surface area contributed by atoms with E-state index in [9.17, 15) is 54.9 Å². The molecule has 0 aromatic heterocycles. The van der Waals surface area contributed by atoms with Crippen LogP contribution in [0.25, 0.3) is 0 Å². The highest BCUT2D eigenvalue weighted by atomic mass is 16.3. The first-order valence-corrected chi connectivity index (χ1v) is 20.1. The molecule has 8 aliphatic carbocycles. The van der Waals surface area contributed by atoms with Crippen LogP contribution in [-0.4, -0.2) is 102 Å². The van der Waals surface area contributed by atoms with Crippen molar-refractivity contribution in [1.82, 2.24) is 0 Å². The van der Waals surface area contributed by atoms with E-state index in [1.165, 1.54) is 0 Å². The van der Waals surface area contributed by atoms with Gasteiger partial charge in [-0.25, -0.2) is 0 Å². The van der Waals surface area contributed by atoms with Crippen LogP contribution in [0.5, 0.6) is 0 Å². The minimum atomic E-state index is -1.99. The zero-order valence-corrected chi connectivity index (χ0v) is 31.4. The van der Waals surface area contributed by atoms with Crippen LogP contribution in [0.4, 0.5) is 0 Å². The number of rotatable bonds is 6. The van der Waals surface area contributed by atoms with Gasteiger partial charge >= 0.3 is 0 Å². The third-order valence-electron chi connectivity index (χ3n) is 18.4. The minimum absolute atomic E-state index is 0.0310. The second-order valence-electron chi connectivity index (χ2n) is 19.3. The molecular weight excluding hydrogens is 680 g/mol. The molecule has 0 amide bonds. The Balaban J connectivity index is 1.33. The third-order valence-corrected chi connectivity index (χ3v) is 18.4. The van der Waals surface area contributed by atoms with Crippen LogP contribution in [0.1, 0.15) is 104 Å². The molecule has 6 saturated carbocycles. The zero-order chi connectivity index (χ0) is 38.3. The smallest absolute Gasteiger partial charge is 0.190 e. The number of aliphatic hydroxyl groups is 7. The van der Waals surface area contributed by atoms with E-state index < -0.39 is 93.7 Å². The fourth-order valence-electron chi connectivity index (χ4n) is 16.3. The molecule has 6 fully saturated rings. The van der Waals surface area contributed by atoms with Crippen molar-refractivity contribution in [2.45, 2.75) is 128 Å². The molecule has 8 aliphatic rings. The lowest BCUT2D eigenvalue weighted by atomic mass is 9.30. The SMILES string of the molecule is C[C@]12CCC(=O)C=C1CC[C@H]1[C@@H]3CC[C@](O)(C(=O)CO)[C@@]3(C)C[C@H](O)[C@@]12C1CC(=O)C=C2CC[C@@H]3[C@H]([C@@H](O)C[C@@]4(CO)[C@H]3CC[C@]4(O)C(=O)CO)[C@]21C. The average molecular weight is 739 g/mol. The molecule has 292 valence electrons. The predicted molar refractivity (Wildman–Crippen MR) is 190 cm³/mol. The van der Waals surface area contributed by atoms with Gasteiger partial charge in [0.05, 0.1) is 18.8 Å². The van der Waals surface area contributed by atoms with Crippen molar-refractivity contribution in [2.24, 2.45) is 62.6 Å². The van der Waals surface area contributed by atoms with Gasteiger partial charge in [0.2, 0.25) is 0 Å². The Morgan fingerprint density at radius 2 is 1.36 bits per heavy atom. The molecule has 15 atom stereocenters. The lowest BCUT2D eigenvalue weighted by Crippen LogP contribution is -2.73. The first kappa shape index (κ1) is 37.8. The molecule has 1 unspecified atom stereocenters. The molecule has 0 spiro atoms. The molecule has 0 bridgehead atoms. The third kappa shape index (κ3) is 4.26. The van der Waals surface area contributed by atoms with Crippen LogP contribution in [0, 0.1) is 62.6 Å². The summed E-state index contributed by atoms with van der Waals surface area (Å²) in [6.07, 6.45) is 5.57. The fraction of sp³-hybridized carbons (Fsp3) is 0.810. The Labute approximate surface area is 310 Å². The molecular formula is C42H58O11. The number of carbonyl (C=O) groups excluding carboxylic acids is 4. The van der Waals surface area contributed by atoms with Crippen molar-refractivity contribution in [3.05, 3.63) is 23.3 Å². The topological polar surface area (TPSA) is 210 Å². The lowest BCUT2D eigenvalue weighted by Gasteiger charge is -2.74. The second kappa shape index (κ2) is 11.9. The molecule has 53 heavy (non-hydrogen) atoms. The van der Waals surface area contributed by atoms with Crippen molar-refractivity contribution in [3.8, 4) is 0 Å². The van der Waals surface area contributed by atoms with Gasteiger partial charge in [0.1, 0.15) is 24.4 Å². The van der Waals surface area contributed by atoms with E-state index in [1.54, 1.807) is 12.2 Å². The Morgan fingerprint density at radius 1 is 0.736 bits per heavy atom. The Morgan fingerprint density at radius 3 is 2.04 bits per heavy atom. The maximum atomic E-state index is 14.1. The summed E-state index contributed by atoms with van der Waals surface area (Å²) >= 11 is 0. The van der Waals surface area contributed by atoms with Gasteiger partial charge in [-0.05, 0) is 129 Å². The van der Waals surface area contributed by atoms with Gasteiger partial charge in [-0.2, -0.15) is 0 Å². The van der Waals surface area contributed by atoms with Crippen LogP contribution in [0.2, 0.25) is 0 Å². The maximum Gasteiger partial charge on any atom is 0.190 e. The molecule has 0 aromatic rings. The van der Waals surface area contributed by atoms with Crippen LogP contribution in [0.15, 0.2) is 23.3 Å². The number of allylic oxidation sites excluding steroid dienone is 2. The van der Waals surface area contributed by atoms with E-state index in [1.807, 2.05) is 6.92 Å². The van der Waals surface area contributed by atoms with E-state index in [0.717, 1.165) is 11.1 Å². The number of carbonyl (C=O) groups is 4. The molecule has 0 radical (unpaired) electrons. The largest absolute Gasteiger partial charge is 0.396 e. The van der Waals surface area contributed by atoms with Gasteiger partial charge in [0.15, 0.2) is 23.1 Å². The molecule has 11 heteroatoms. The monoisotopic (exact) mass is 738 g/mol. The quantitative estimate of drug-likeness (QED) is 0.210. The zero-order valence-electron chi connectivity index (χ0n) is 31.4. The highest BCUT2D eigenvalue weighted by Gasteiger charge is 2.79. The first-order chi connectivity index (χ1) is 24.9. The summed E-state index contributed by atoms with van der Waals surface area (Å²) in [5.74, 6) is -3.49. The van der Waals surface area contributed by atoms with Crippen molar-refractivity contribution >= 4 is 23.1 Å². The summed E-state index contributed by atoms with van der Waals surface area (Å²) in [5, 5.41) is 80.7. The van der Waals surface area contributed by atoms with E-state index in [4.69, 9.17) is 0 Å². The van der Waals surface area contributed by atoms with Crippen LogP contribution in [0.3, 0.4) is 0 Å². The standard InChI is InChI=1S/C42H58O11/c1-36-11-8-24(46)14-22(36)5-7-29-28-10-12-40(52,33(50)19-43)37(28,2)18-32(49)42(29,36)31-16-25(47)15-23-4-6-26-27-9-13-41(53,34(51)20-44)39(27,21-45)17-30(48)35(26)38(23,31)3/h14-15,26-32,35,43-45,48-49,52-53H,4-13,16-21H2,1-3H3/t26-,27-,28-,29-,30-,31?,32-,35+,36-,37-,38+,39+,40-,41-,42-/m0/s1. The van der Waals surface area contributed by atoms with E-state index in [2.05, 4.69) is 13.8 Å². The lowest BCUT2D eigenvalue weighted by molar-refractivity contribution is -0.271. The molecule has 0 aliphatic heterocycles. The summed E-state index contributed by atoms with van der Waals surface area (Å²) < 4.78 is 0. The van der Waals surface area contributed by atoms with Gasteiger partial charge in [0, 0.05) is 29.1 Å².